The molecule has 3 unspecified atom stereocenters. The van der Waals surface area contributed by atoms with Gasteiger partial charge in [-0.3, -0.25) is 0 Å². The van der Waals surface area contributed by atoms with Crippen LogP contribution in [0.15, 0.2) is 0 Å². The second kappa shape index (κ2) is 8.81. The predicted molar refractivity (Wildman–Crippen MR) is 57.7 cm³/mol. The van der Waals surface area contributed by atoms with Crippen LogP contribution in [-0.4, -0.2) is 75.0 Å². The SMILES string of the molecule is COCC(COC(=O)C(O)C(O)C(=O)OC)OC. The van der Waals surface area contributed by atoms with E-state index in [1.807, 2.05) is 0 Å². The molecular weight excluding hydrogens is 248 g/mol. The fraction of sp³-hybridized carbons (Fsp3) is 0.800. The Kier molecular flexibility index (Phi) is 8.21. The van der Waals surface area contributed by atoms with Crippen LogP contribution >= 0.6 is 0 Å². The molecule has 0 bridgehead atoms. The van der Waals surface area contributed by atoms with E-state index in [2.05, 4.69) is 9.47 Å². The van der Waals surface area contributed by atoms with Crippen molar-refractivity contribution in [1.82, 2.24) is 0 Å². The highest BCUT2D eigenvalue weighted by Gasteiger charge is 2.32. The van der Waals surface area contributed by atoms with E-state index in [1.165, 1.54) is 14.2 Å². The molecule has 0 saturated heterocycles. The number of hydrogen-bond donors (Lipinski definition) is 2. The molecule has 0 amide bonds. The zero-order valence-electron chi connectivity index (χ0n) is 10.5. The number of rotatable bonds is 8. The van der Waals surface area contributed by atoms with E-state index < -0.39 is 30.3 Å². The molecule has 8 nitrogen and oxygen atoms in total. The Labute approximate surface area is 104 Å². The van der Waals surface area contributed by atoms with Gasteiger partial charge in [0.05, 0.1) is 13.7 Å². The first-order chi connectivity index (χ1) is 8.47. The molecule has 0 rings (SSSR count). The molecule has 0 saturated carbocycles. The van der Waals surface area contributed by atoms with Gasteiger partial charge in [-0.05, 0) is 0 Å². The minimum absolute atomic E-state index is 0.172. The number of esters is 2. The quantitative estimate of drug-likeness (QED) is 0.489. The van der Waals surface area contributed by atoms with E-state index in [0.717, 1.165) is 7.11 Å². The van der Waals surface area contributed by atoms with E-state index in [-0.39, 0.29) is 13.2 Å². The summed E-state index contributed by atoms with van der Waals surface area (Å²) in [4.78, 5) is 22.2. The van der Waals surface area contributed by atoms with Crippen molar-refractivity contribution in [3.8, 4) is 0 Å². The Bertz CT molecular complexity index is 267. The summed E-state index contributed by atoms with van der Waals surface area (Å²) in [6.45, 7) is 0.0214. The molecule has 0 aromatic rings. The molecule has 3 atom stereocenters. The molecule has 0 heterocycles. The first kappa shape index (κ1) is 16.8. The Hall–Kier alpha value is -1.22. The van der Waals surface area contributed by atoms with E-state index in [4.69, 9.17) is 9.47 Å². The van der Waals surface area contributed by atoms with Crippen molar-refractivity contribution in [2.75, 3.05) is 34.5 Å². The normalized spacial score (nSPS) is 15.6. The maximum Gasteiger partial charge on any atom is 0.338 e. The number of carbonyl (C=O) groups is 2. The average Bonchev–Trinajstić information content (AvgIpc) is 2.40. The molecule has 0 aliphatic rings. The summed E-state index contributed by atoms with van der Waals surface area (Å²) in [5, 5.41) is 18.5. The fourth-order valence-corrected chi connectivity index (χ4v) is 1.01. The van der Waals surface area contributed by atoms with Crippen molar-refractivity contribution in [2.45, 2.75) is 18.3 Å². The van der Waals surface area contributed by atoms with Crippen LogP contribution in [0.25, 0.3) is 0 Å². The summed E-state index contributed by atoms with van der Waals surface area (Å²) in [5.41, 5.74) is 0. The van der Waals surface area contributed by atoms with Gasteiger partial charge in [0.1, 0.15) is 12.7 Å². The maximum absolute atomic E-state index is 11.3. The van der Waals surface area contributed by atoms with Crippen molar-refractivity contribution in [3.05, 3.63) is 0 Å². The zero-order valence-corrected chi connectivity index (χ0v) is 10.5. The van der Waals surface area contributed by atoms with Crippen LogP contribution in [-0.2, 0) is 28.5 Å². The van der Waals surface area contributed by atoms with E-state index in [1.54, 1.807) is 0 Å². The van der Waals surface area contributed by atoms with Crippen molar-refractivity contribution in [2.24, 2.45) is 0 Å². The van der Waals surface area contributed by atoms with Crippen LogP contribution in [0.4, 0.5) is 0 Å². The van der Waals surface area contributed by atoms with Crippen LogP contribution in [0, 0.1) is 0 Å². The second-order valence-corrected chi connectivity index (χ2v) is 3.36. The maximum atomic E-state index is 11.3. The average molecular weight is 266 g/mol. The standard InChI is InChI=1S/C10H18O8/c1-15-4-6(16-2)5-18-10(14)8(12)7(11)9(13)17-3/h6-8,11-12H,4-5H2,1-3H3. The molecule has 0 aromatic carbocycles. The lowest BCUT2D eigenvalue weighted by atomic mass is 10.2. The van der Waals surface area contributed by atoms with Crippen LogP contribution in [0.1, 0.15) is 0 Å². The van der Waals surface area contributed by atoms with Crippen LogP contribution < -0.4 is 0 Å². The minimum atomic E-state index is -2.00. The van der Waals surface area contributed by atoms with Crippen molar-refractivity contribution < 1.29 is 38.7 Å². The number of carbonyl (C=O) groups excluding carboxylic acids is 2. The van der Waals surface area contributed by atoms with Gasteiger partial charge in [-0.15, -0.1) is 0 Å². The van der Waals surface area contributed by atoms with Gasteiger partial charge in [-0.25, -0.2) is 9.59 Å². The Morgan fingerprint density at radius 3 is 2.00 bits per heavy atom. The summed E-state index contributed by atoms with van der Waals surface area (Å²) in [6.07, 6.45) is -4.48. The molecule has 106 valence electrons. The number of hydrogen-bond acceptors (Lipinski definition) is 8. The van der Waals surface area contributed by atoms with Crippen LogP contribution in [0.5, 0.6) is 0 Å². The predicted octanol–water partition coefficient (Wildman–Crippen LogP) is -1.91. The third kappa shape index (κ3) is 5.41. The number of ether oxygens (including phenoxy) is 4. The molecule has 2 N–H and O–H groups in total. The number of aliphatic hydroxyl groups is 2. The van der Waals surface area contributed by atoms with Crippen molar-refractivity contribution >= 4 is 11.9 Å². The van der Waals surface area contributed by atoms with E-state index in [9.17, 15) is 19.8 Å². The summed E-state index contributed by atoms with van der Waals surface area (Å²) >= 11 is 0. The molecule has 0 aliphatic heterocycles. The second-order valence-electron chi connectivity index (χ2n) is 3.36. The van der Waals surface area contributed by atoms with E-state index in [0.29, 0.717) is 0 Å². The van der Waals surface area contributed by atoms with Crippen molar-refractivity contribution in [1.29, 1.82) is 0 Å². The summed E-state index contributed by atoms with van der Waals surface area (Å²) in [5.74, 6) is -2.27. The van der Waals surface area contributed by atoms with Crippen LogP contribution in [0.3, 0.4) is 0 Å². The van der Waals surface area contributed by atoms with Gasteiger partial charge in [0.25, 0.3) is 0 Å². The molecule has 0 radical (unpaired) electrons. The van der Waals surface area contributed by atoms with Gasteiger partial charge in [-0.1, -0.05) is 0 Å². The summed E-state index contributed by atoms with van der Waals surface area (Å²) in [6, 6.07) is 0. The van der Waals surface area contributed by atoms with Gasteiger partial charge >= 0.3 is 11.9 Å². The number of methoxy groups -OCH3 is 3. The lowest BCUT2D eigenvalue weighted by molar-refractivity contribution is -0.174. The number of aliphatic hydroxyl groups excluding tert-OH is 2. The van der Waals surface area contributed by atoms with Crippen LogP contribution in [0.2, 0.25) is 0 Å². The lowest BCUT2D eigenvalue weighted by Crippen LogP contribution is -2.42. The highest BCUT2D eigenvalue weighted by molar-refractivity contribution is 5.85. The fourth-order valence-electron chi connectivity index (χ4n) is 1.01. The first-order valence-electron chi connectivity index (χ1n) is 5.10. The molecule has 8 heteroatoms. The van der Waals surface area contributed by atoms with E-state index >= 15 is 0 Å². The lowest BCUT2D eigenvalue weighted by Gasteiger charge is -2.17. The third-order valence-electron chi connectivity index (χ3n) is 2.08. The first-order valence-corrected chi connectivity index (χ1v) is 5.10. The van der Waals surface area contributed by atoms with Gasteiger partial charge < -0.3 is 29.2 Å². The Morgan fingerprint density at radius 1 is 1.00 bits per heavy atom. The topological polar surface area (TPSA) is 112 Å². The zero-order chi connectivity index (χ0) is 14.1. The highest BCUT2D eigenvalue weighted by atomic mass is 16.6. The minimum Gasteiger partial charge on any atom is -0.467 e. The monoisotopic (exact) mass is 266 g/mol. The van der Waals surface area contributed by atoms with Gasteiger partial charge in [-0.2, -0.15) is 0 Å². The van der Waals surface area contributed by atoms with Crippen molar-refractivity contribution in [3.63, 3.8) is 0 Å². The van der Waals surface area contributed by atoms with Gasteiger partial charge in [0.15, 0.2) is 12.2 Å². The smallest absolute Gasteiger partial charge is 0.338 e. The summed E-state index contributed by atoms with van der Waals surface area (Å²) < 4.78 is 18.5. The molecule has 0 aromatic heterocycles. The largest absolute Gasteiger partial charge is 0.467 e. The summed E-state index contributed by atoms with van der Waals surface area (Å²) in [7, 11) is 3.87. The van der Waals surface area contributed by atoms with Gasteiger partial charge in [0, 0.05) is 14.2 Å². The third-order valence-corrected chi connectivity index (χ3v) is 2.08. The highest BCUT2D eigenvalue weighted by Crippen LogP contribution is 2.01. The Balaban J connectivity index is 4.19. The molecular formula is C10H18O8. The molecule has 0 spiro atoms. The molecule has 0 aliphatic carbocycles. The Morgan fingerprint density at radius 2 is 1.56 bits per heavy atom. The molecule has 18 heavy (non-hydrogen) atoms. The molecule has 0 fully saturated rings. The van der Waals surface area contributed by atoms with Gasteiger partial charge in [0.2, 0.25) is 0 Å².